The minimum Gasteiger partial charge on any atom is -0.494 e. The lowest BCUT2D eigenvalue weighted by Gasteiger charge is -2.20. The van der Waals surface area contributed by atoms with Crippen molar-refractivity contribution in [3.63, 3.8) is 0 Å². The minimum absolute atomic E-state index is 0.122. The van der Waals surface area contributed by atoms with E-state index < -0.39 is 5.60 Å². The van der Waals surface area contributed by atoms with Crippen molar-refractivity contribution in [2.24, 2.45) is 0 Å². The van der Waals surface area contributed by atoms with Crippen molar-refractivity contribution in [2.45, 2.75) is 64.0 Å². The first-order valence-electron chi connectivity index (χ1n) is 11.8. The van der Waals surface area contributed by atoms with Gasteiger partial charge in [0.15, 0.2) is 11.5 Å². The van der Waals surface area contributed by atoms with Crippen molar-refractivity contribution in [1.29, 1.82) is 0 Å². The van der Waals surface area contributed by atoms with Crippen molar-refractivity contribution in [1.82, 2.24) is 9.47 Å². The number of nitrogens with zero attached hydrogens (tertiary/aromatic N) is 2. The fourth-order valence-corrected chi connectivity index (χ4v) is 5.23. The van der Waals surface area contributed by atoms with Crippen LogP contribution in [-0.4, -0.2) is 51.5 Å². The summed E-state index contributed by atoms with van der Waals surface area (Å²) in [5.74, 6) is 1.74. The molecule has 1 aromatic heterocycles. The molecule has 0 spiro atoms. The van der Waals surface area contributed by atoms with Crippen LogP contribution in [-0.2, 0) is 24.5 Å². The standard InChI is InChI=1S/C27H33BrN2O6/c1-16-22(33-5)21-20(24(23(16)34-6)35-15-17-10-8-7-9-11-17)18(14-31)12-29(21)13-19-25(28)30(19)26(32)36-27(2,3)4/h7-12,19,25,31H,13-15H2,1-6H3/t19-,25?,30?/m0/s1. The van der Waals surface area contributed by atoms with Gasteiger partial charge in [-0.15, -0.1) is 0 Å². The second kappa shape index (κ2) is 10.2. The van der Waals surface area contributed by atoms with Gasteiger partial charge < -0.3 is 28.6 Å². The minimum atomic E-state index is -0.580. The second-order valence-corrected chi connectivity index (χ2v) is 10.7. The first-order valence-corrected chi connectivity index (χ1v) is 12.7. The van der Waals surface area contributed by atoms with Crippen LogP contribution in [0.15, 0.2) is 36.5 Å². The van der Waals surface area contributed by atoms with Crippen LogP contribution in [0.2, 0.25) is 0 Å². The Bertz CT molecular complexity index is 1250. The molecule has 2 atom stereocenters. The molecule has 4 rings (SSSR count). The maximum Gasteiger partial charge on any atom is 0.411 e. The molecule has 0 radical (unpaired) electrons. The number of hydrogen-bond acceptors (Lipinski definition) is 6. The van der Waals surface area contributed by atoms with E-state index in [4.69, 9.17) is 18.9 Å². The van der Waals surface area contributed by atoms with Gasteiger partial charge in [0.25, 0.3) is 0 Å². The Kier molecular flexibility index (Phi) is 7.43. The van der Waals surface area contributed by atoms with Crippen LogP contribution in [0, 0.1) is 6.92 Å². The molecule has 1 amide bonds. The van der Waals surface area contributed by atoms with Gasteiger partial charge in [0, 0.05) is 23.9 Å². The number of ether oxygens (including phenoxy) is 4. The third-order valence-corrected chi connectivity index (χ3v) is 7.18. The lowest BCUT2D eigenvalue weighted by atomic mass is 10.1. The Balaban J connectivity index is 1.76. The van der Waals surface area contributed by atoms with Gasteiger partial charge in [-0.3, -0.25) is 4.90 Å². The number of hydrogen-bond donors (Lipinski definition) is 1. The first kappa shape index (κ1) is 26.2. The number of aromatic nitrogens is 1. The quantitative estimate of drug-likeness (QED) is 0.226. The molecular formula is C27H33BrN2O6. The van der Waals surface area contributed by atoms with Gasteiger partial charge in [0.05, 0.1) is 37.8 Å². The molecule has 36 heavy (non-hydrogen) atoms. The van der Waals surface area contributed by atoms with E-state index in [0.29, 0.717) is 36.0 Å². The molecule has 3 aromatic rings. The number of aliphatic hydroxyl groups excluding tert-OH is 1. The highest BCUT2D eigenvalue weighted by atomic mass is 79.9. The molecule has 8 nitrogen and oxygen atoms in total. The van der Waals surface area contributed by atoms with Crippen LogP contribution in [0.5, 0.6) is 17.2 Å². The van der Waals surface area contributed by atoms with Crippen molar-refractivity contribution in [3.8, 4) is 17.2 Å². The Labute approximate surface area is 219 Å². The molecule has 0 aliphatic carbocycles. The summed E-state index contributed by atoms with van der Waals surface area (Å²) >= 11 is 3.59. The molecule has 2 heterocycles. The van der Waals surface area contributed by atoms with E-state index in [1.807, 2.05) is 68.8 Å². The Morgan fingerprint density at radius 1 is 1.08 bits per heavy atom. The molecule has 0 bridgehead atoms. The number of benzene rings is 2. The molecule has 0 saturated carbocycles. The van der Waals surface area contributed by atoms with E-state index in [-0.39, 0.29) is 23.7 Å². The normalized spacial score (nSPS) is 17.3. The van der Waals surface area contributed by atoms with Crippen LogP contribution in [0.25, 0.3) is 10.9 Å². The summed E-state index contributed by atoms with van der Waals surface area (Å²) in [6.07, 6.45) is 1.51. The highest BCUT2D eigenvalue weighted by Gasteiger charge is 2.51. The van der Waals surface area contributed by atoms with Gasteiger partial charge in [-0.05, 0) is 33.3 Å². The fourth-order valence-electron chi connectivity index (χ4n) is 4.48. The largest absolute Gasteiger partial charge is 0.494 e. The Morgan fingerprint density at radius 2 is 1.75 bits per heavy atom. The third-order valence-electron chi connectivity index (χ3n) is 6.13. The number of alkyl halides is 1. The molecule has 9 heteroatoms. The van der Waals surface area contributed by atoms with Crippen LogP contribution in [0.3, 0.4) is 0 Å². The summed E-state index contributed by atoms with van der Waals surface area (Å²) < 4.78 is 25.5. The predicted molar refractivity (Wildman–Crippen MR) is 141 cm³/mol. The average molecular weight is 561 g/mol. The summed E-state index contributed by atoms with van der Waals surface area (Å²) in [6, 6.07) is 9.74. The van der Waals surface area contributed by atoms with E-state index in [0.717, 1.165) is 22.0 Å². The zero-order chi connectivity index (χ0) is 26.2. The van der Waals surface area contributed by atoms with E-state index in [1.165, 1.54) is 0 Å². The zero-order valence-corrected chi connectivity index (χ0v) is 23.1. The summed E-state index contributed by atoms with van der Waals surface area (Å²) in [4.78, 5) is 14.2. The molecule has 1 unspecified atom stereocenters. The van der Waals surface area contributed by atoms with Crippen LogP contribution >= 0.6 is 15.9 Å². The van der Waals surface area contributed by atoms with Gasteiger partial charge in [-0.25, -0.2) is 4.79 Å². The van der Waals surface area contributed by atoms with Gasteiger partial charge >= 0.3 is 6.09 Å². The number of aliphatic hydroxyl groups is 1. The molecule has 1 N–H and O–H groups in total. The Morgan fingerprint density at radius 3 is 2.33 bits per heavy atom. The third kappa shape index (κ3) is 4.99. The lowest BCUT2D eigenvalue weighted by molar-refractivity contribution is 0.0401. The molecule has 1 fully saturated rings. The van der Waals surface area contributed by atoms with Gasteiger partial charge in [0.1, 0.15) is 22.9 Å². The second-order valence-electron chi connectivity index (χ2n) is 9.81. The van der Waals surface area contributed by atoms with E-state index >= 15 is 0 Å². The molecule has 2 aromatic carbocycles. The summed E-state index contributed by atoms with van der Waals surface area (Å²) in [6.45, 7) is 8.07. The zero-order valence-electron chi connectivity index (χ0n) is 21.5. The van der Waals surface area contributed by atoms with Crippen LogP contribution < -0.4 is 14.2 Å². The van der Waals surface area contributed by atoms with Gasteiger partial charge in [-0.1, -0.05) is 46.3 Å². The highest BCUT2D eigenvalue weighted by molar-refractivity contribution is 9.09. The maximum atomic E-state index is 12.7. The molecule has 1 saturated heterocycles. The SMILES string of the molecule is COc1c(C)c(OC)c2c(c(CO)cn2C[C@H]2C(Br)N2C(=O)OC(C)(C)C)c1OCc1ccccc1. The maximum absolute atomic E-state index is 12.7. The van der Waals surface area contributed by atoms with Crippen molar-refractivity contribution >= 4 is 32.9 Å². The van der Waals surface area contributed by atoms with E-state index in [9.17, 15) is 9.90 Å². The fraction of sp³-hybridized carbons (Fsp3) is 0.444. The monoisotopic (exact) mass is 560 g/mol. The van der Waals surface area contributed by atoms with Crippen molar-refractivity contribution < 1.29 is 28.8 Å². The predicted octanol–water partition coefficient (Wildman–Crippen LogP) is 5.38. The highest BCUT2D eigenvalue weighted by Crippen LogP contribution is 2.48. The lowest BCUT2D eigenvalue weighted by Crippen LogP contribution is -2.28. The molecule has 1 aliphatic rings. The molecular weight excluding hydrogens is 528 g/mol. The number of fused-ring (bicyclic) bond motifs is 1. The van der Waals surface area contributed by atoms with E-state index in [2.05, 4.69) is 15.9 Å². The van der Waals surface area contributed by atoms with E-state index in [1.54, 1.807) is 19.1 Å². The number of carbonyl (C=O) groups is 1. The number of carbonyl (C=O) groups excluding carboxylic acids is 1. The topological polar surface area (TPSA) is 82.2 Å². The van der Waals surface area contributed by atoms with Crippen molar-refractivity contribution in [2.75, 3.05) is 14.2 Å². The average Bonchev–Trinajstić information content (AvgIpc) is 3.32. The summed E-state index contributed by atoms with van der Waals surface area (Å²) in [5.41, 5.74) is 2.68. The number of halogens is 1. The first-order chi connectivity index (χ1) is 17.1. The number of amides is 1. The smallest absolute Gasteiger partial charge is 0.411 e. The summed E-state index contributed by atoms with van der Waals surface area (Å²) in [7, 11) is 3.20. The van der Waals surface area contributed by atoms with Crippen molar-refractivity contribution in [3.05, 3.63) is 53.2 Å². The number of methoxy groups -OCH3 is 2. The Hall–Kier alpha value is -2.91. The van der Waals surface area contributed by atoms with Crippen LogP contribution in [0.1, 0.15) is 37.5 Å². The van der Waals surface area contributed by atoms with Gasteiger partial charge in [-0.2, -0.15) is 0 Å². The van der Waals surface area contributed by atoms with Crippen LogP contribution in [0.4, 0.5) is 4.79 Å². The number of rotatable bonds is 8. The van der Waals surface area contributed by atoms with Gasteiger partial charge in [0.2, 0.25) is 0 Å². The molecule has 1 aliphatic heterocycles. The summed E-state index contributed by atoms with van der Waals surface area (Å²) in [5, 5.41) is 11.0. The molecule has 194 valence electrons.